The molecule has 0 amide bonds. The Morgan fingerprint density at radius 2 is 1.89 bits per heavy atom. The highest BCUT2D eigenvalue weighted by molar-refractivity contribution is 14.0. The molecule has 0 aromatic heterocycles. The molecule has 0 radical (unpaired) electrons. The molecule has 2 aromatic carbocycles. The van der Waals surface area contributed by atoms with Crippen LogP contribution in [0.25, 0.3) is 10.8 Å². The number of morpholine rings is 1. The van der Waals surface area contributed by atoms with Gasteiger partial charge in [-0.2, -0.15) is 0 Å². The third-order valence-corrected chi connectivity index (χ3v) is 5.79. The lowest BCUT2D eigenvalue weighted by molar-refractivity contribution is 0.0195. The van der Waals surface area contributed by atoms with Gasteiger partial charge in [0.15, 0.2) is 5.96 Å². The third-order valence-electron chi connectivity index (χ3n) is 5.79. The summed E-state index contributed by atoms with van der Waals surface area (Å²) in [6, 6.07) is 15.8. The van der Waals surface area contributed by atoms with Crippen LogP contribution in [0, 0.1) is 0 Å². The van der Waals surface area contributed by atoms with Gasteiger partial charge < -0.3 is 15.0 Å². The van der Waals surface area contributed by atoms with Crippen LogP contribution in [0.1, 0.15) is 12.0 Å². The van der Waals surface area contributed by atoms with Crippen LogP contribution in [0.5, 0.6) is 0 Å². The molecule has 1 N–H and O–H groups in total. The zero-order valence-corrected chi connectivity index (χ0v) is 19.0. The van der Waals surface area contributed by atoms with Crippen LogP contribution in [0.15, 0.2) is 47.5 Å². The van der Waals surface area contributed by atoms with Crippen molar-refractivity contribution in [2.75, 3.05) is 53.0 Å². The number of aliphatic imine (C=N–C) groups is 1. The summed E-state index contributed by atoms with van der Waals surface area (Å²) in [4.78, 5) is 9.51. The van der Waals surface area contributed by atoms with E-state index in [0.717, 1.165) is 58.3 Å². The topological polar surface area (TPSA) is 40.1 Å². The van der Waals surface area contributed by atoms with Gasteiger partial charge in [0.1, 0.15) is 0 Å². The lowest BCUT2D eigenvalue weighted by atomic mass is 10.0. The Morgan fingerprint density at radius 3 is 2.71 bits per heavy atom. The number of ether oxygens (including phenoxy) is 1. The van der Waals surface area contributed by atoms with Crippen LogP contribution >= 0.6 is 24.0 Å². The van der Waals surface area contributed by atoms with Gasteiger partial charge in [-0.25, -0.2) is 0 Å². The number of halogens is 1. The Balaban J connectivity index is 0.00000225. The van der Waals surface area contributed by atoms with Gasteiger partial charge in [-0.05, 0) is 29.2 Å². The summed E-state index contributed by atoms with van der Waals surface area (Å²) in [6.07, 6.45) is 2.21. The zero-order chi connectivity index (χ0) is 18.5. The number of nitrogens with zero attached hydrogens (tertiary/aromatic N) is 3. The zero-order valence-electron chi connectivity index (χ0n) is 16.6. The summed E-state index contributed by atoms with van der Waals surface area (Å²) in [7, 11) is 1.89. The highest BCUT2D eigenvalue weighted by atomic mass is 127. The van der Waals surface area contributed by atoms with Crippen molar-refractivity contribution in [1.29, 1.82) is 0 Å². The van der Waals surface area contributed by atoms with Crippen molar-refractivity contribution >= 4 is 40.7 Å². The van der Waals surface area contributed by atoms with E-state index in [1.165, 1.54) is 22.8 Å². The van der Waals surface area contributed by atoms with Crippen LogP contribution in [-0.4, -0.2) is 74.8 Å². The summed E-state index contributed by atoms with van der Waals surface area (Å²) >= 11 is 0. The lowest BCUT2D eigenvalue weighted by Gasteiger charge is -2.32. The number of hydrogen-bond acceptors (Lipinski definition) is 3. The number of nitrogens with one attached hydrogen (secondary N) is 1. The van der Waals surface area contributed by atoms with E-state index in [1.807, 2.05) is 7.05 Å². The molecule has 5 nitrogen and oxygen atoms in total. The number of guanidine groups is 1. The number of likely N-dealkylation sites (tertiary alicyclic amines) is 1. The standard InChI is InChI=1S/C22H30N4O.HI/c1-23-22(26-12-10-20(17-26)25-13-15-27-16-14-25)24-11-9-19-7-4-6-18-5-2-3-8-21(18)19;/h2-8,20H,9-17H2,1H3,(H,23,24);1H. The Kier molecular flexibility index (Phi) is 7.93. The fourth-order valence-electron chi connectivity index (χ4n) is 4.33. The molecule has 152 valence electrons. The molecule has 2 heterocycles. The van der Waals surface area contributed by atoms with Gasteiger partial charge in [-0.3, -0.25) is 9.89 Å². The normalized spacial score (nSPS) is 21.0. The van der Waals surface area contributed by atoms with Crippen molar-refractivity contribution < 1.29 is 4.74 Å². The van der Waals surface area contributed by atoms with Crippen molar-refractivity contribution in [2.24, 2.45) is 4.99 Å². The van der Waals surface area contributed by atoms with Gasteiger partial charge in [0.2, 0.25) is 0 Å². The third kappa shape index (κ3) is 4.96. The van der Waals surface area contributed by atoms with Gasteiger partial charge in [0, 0.05) is 45.8 Å². The average Bonchev–Trinajstić information content (AvgIpc) is 3.22. The second kappa shape index (κ2) is 10.4. The molecule has 2 aromatic rings. The predicted molar refractivity (Wildman–Crippen MR) is 127 cm³/mol. The van der Waals surface area contributed by atoms with E-state index in [4.69, 9.17) is 4.74 Å². The Bertz CT molecular complexity index is 786. The molecule has 1 atom stereocenters. The Labute approximate surface area is 185 Å². The monoisotopic (exact) mass is 494 g/mol. The van der Waals surface area contributed by atoms with E-state index in [1.54, 1.807) is 0 Å². The largest absolute Gasteiger partial charge is 0.379 e. The summed E-state index contributed by atoms with van der Waals surface area (Å²) < 4.78 is 5.49. The van der Waals surface area contributed by atoms with Crippen LogP contribution in [0.4, 0.5) is 0 Å². The maximum Gasteiger partial charge on any atom is 0.193 e. The van der Waals surface area contributed by atoms with E-state index in [0.29, 0.717) is 6.04 Å². The Morgan fingerprint density at radius 1 is 1.11 bits per heavy atom. The second-order valence-electron chi connectivity index (χ2n) is 7.40. The van der Waals surface area contributed by atoms with Crippen molar-refractivity contribution in [2.45, 2.75) is 18.9 Å². The maximum absolute atomic E-state index is 5.49. The number of benzene rings is 2. The van der Waals surface area contributed by atoms with Crippen molar-refractivity contribution in [3.05, 3.63) is 48.0 Å². The van der Waals surface area contributed by atoms with Crippen LogP contribution in [0.3, 0.4) is 0 Å². The van der Waals surface area contributed by atoms with Gasteiger partial charge >= 0.3 is 0 Å². The highest BCUT2D eigenvalue weighted by Gasteiger charge is 2.30. The number of hydrogen-bond donors (Lipinski definition) is 1. The van der Waals surface area contributed by atoms with E-state index in [9.17, 15) is 0 Å². The minimum absolute atomic E-state index is 0. The molecular weight excluding hydrogens is 463 g/mol. The summed E-state index contributed by atoms with van der Waals surface area (Å²) in [5.41, 5.74) is 1.39. The van der Waals surface area contributed by atoms with E-state index in [-0.39, 0.29) is 24.0 Å². The molecule has 4 rings (SSSR count). The molecule has 2 fully saturated rings. The summed E-state index contributed by atoms with van der Waals surface area (Å²) in [5.74, 6) is 1.03. The van der Waals surface area contributed by atoms with Crippen molar-refractivity contribution in [1.82, 2.24) is 15.1 Å². The minimum Gasteiger partial charge on any atom is -0.379 e. The molecule has 2 aliphatic heterocycles. The van der Waals surface area contributed by atoms with Crippen molar-refractivity contribution in [3.8, 4) is 0 Å². The molecular formula is C22H31IN4O. The quantitative estimate of drug-likeness (QED) is 0.403. The first-order valence-corrected chi connectivity index (χ1v) is 10.1. The van der Waals surface area contributed by atoms with Gasteiger partial charge in [-0.15, -0.1) is 24.0 Å². The average molecular weight is 494 g/mol. The second-order valence-corrected chi connectivity index (χ2v) is 7.40. The lowest BCUT2D eigenvalue weighted by Crippen LogP contribution is -2.46. The number of rotatable bonds is 4. The summed E-state index contributed by atoms with van der Waals surface area (Å²) in [5, 5.41) is 6.25. The molecule has 0 aliphatic carbocycles. The molecule has 0 spiro atoms. The fraction of sp³-hybridized carbons (Fsp3) is 0.500. The fourth-order valence-corrected chi connectivity index (χ4v) is 4.33. The van der Waals surface area contributed by atoms with Crippen LogP contribution in [-0.2, 0) is 11.2 Å². The molecule has 0 bridgehead atoms. The smallest absolute Gasteiger partial charge is 0.193 e. The predicted octanol–water partition coefficient (Wildman–Crippen LogP) is 2.98. The SMILES string of the molecule is CN=C(NCCc1cccc2ccccc12)N1CCC(N2CCOCC2)C1.I. The Hall–Kier alpha value is -1.38. The first-order chi connectivity index (χ1) is 13.3. The molecule has 6 heteroatoms. The van der Waals surface area contributed by atoms with E-state index < -0.39 is 0 Å². The van der Waals surface area contributed by atoms with Crippen LogP contribution in [0.2, 0.25) is 0 Å². The summed E-state index contributed by atoms with van der Waals surface area (Å²) in [6.45, 7) is 6.91. The first kappa shape index (κ1) is 21.3. The first-order valence-electron chi connectivity index (χ1n) is 10.1. The van der Waals surface area contributed by atoms with Crippen molar-refractivity contribution in [3.63, 3.8) is 0 Å². The van der Waals surface area contributed by atoms with Gasteiger partial charge in [0.05, 0.1) is 13.2 Å². The van der Waals surface area contributed by atoms with E-state index in [2.05, 4.69) is 62.6 Å². The highest BCUT2D eigenvalue weighted by Crippen LogP contribution is 2.19. The van der Waals surface area contributed by atoms with Gasteiger partial charge in [-0.1, -0.05) is 42.5 Å². The maximum atomic E-state index is 5.49. The van der Waals surface area contributed by atoms with E-state index >= 15 is 0 Å². The van der Waals surface area contributed by atoms with Crippen LogP contribution < -0.4 is 5.32 Å². The molecule has 28 heavy (non-hydrogen) atoms. The van der Waals surface area contributed by atoms with Gasteiger partial charge in [0.25, 0.3) is 0 Å². The minimum atomic E-state index is 0. The molecule has 1 unspecified atom stereocenters. The number of fused-ring (bicyclic) bond motifs is 1. The molecule has 0 saturated carbocycles. The molecule has 2 saturated heterocycles. The molecule has 2 aliphatic rings.